The van der Waals surface area contributed by atoms with Crippen LogP contribution in [0.5, 0.6) is 0 Å². The average molecular weight is 1890 g/mol. The summed E-state index contributed by atoms with van der Waals surface area (Å²) in [6.45, 7) is 34.6. The first-order valence-corrected chi connectivity index (χ1v) is 57.8. The maximum Gasteiger partial charge on any atom is 0.134 e. The zero-order valence-electron chi connectivity index (χ0n) is 93.6. The van der Waals surface area contributed by atoms with E-state index in [0.717, 1.165) is 121 Å². The second-order valence-corrected chi connectivity index (χ2v) is 39.1. The van der Waals surface area contributed by atoms with Crippen molar-refractivity contribution in [2.24, 2.45) is 5.92 Å². The maximum atomic E-state index is 10.7. The van der Waals surface area contributed by atoms with Crippen LogP contribution in [-0.2, 0) is 49.6 Å². The van der Waals surface area contributed by atoms with E-state index in [1.807, 2.05) is 44.2 Å². The van der Waals surface area contributed by atoms with Crippen molar-refractivity contribution < 1.29 is 43.2 Å². The van der Waals surface area contributed by atoms with Crippen LogP contribution >= 0.6 is 0 Å². The molecule has 1 unspecified atom stereocenters. The highest BCUT2D eigenvalue weighted by Crippen LogP contribution is 2.19. The molecule has 0 heterocycles. The van der Waals surface area contributed by atoms with E-state index in [2.05, 4.69) is 121 Å². The molecule has 0 saturated heterocycles. The molecule has 0 fully saturated rings. The van der Waals surface area contributed by atoms with Gasteiger partial charge in [0.2, 0.25) is 0 Å². The van der Waals surface area contributed by atoms with Crippen molar-refractivity contribution in [3.05, 3.63) is 109 Å². The Morgan fingerprint density at radius 1 is 0.200 bits per heavy atom. The molecule has 0 saturated carbocycles. The monoisotopic (exact) mass is 1890 g/mol. The molecule has 1 aromatic rings. The van der Waals surface area contributed by atoms with Gasteiger partial charge in [-0.25, -0.2) is 0 Å². The lowest BCUT2D eigenvalue weighted by Crippen LogP contribution is -2.03. The van der Waals surface area contributed by atoms with Gasteiger partial charge in [-0.15, -0.1) is 0 Å². The zero-order valence-corrected chi connectivity index (χ0v) is 93.6. The highest BCUT2D eigenvalue weighted by atomic mass is 16.2. The highest BCUT2D eigenvalue weighted by molar-refractivity contribution is 5.79. The smallest absolute Gasteiger partial charge is 0.134 e. The number of unbranched alkanes of at least 4 members (excludes halogenated alkanes) is 59. The summed E-state index contributed by atoms with van der Waals surface area (Å²) < 4.78 is 0. The Balaban J connectivity index is -0.000000226. The molecular weight excluding hydrogens is 1660 g/mol. The molecule has 0 amide bonds. The van der Waals surface area contributed by atoms with E-state index in [4.69, 9.17) is 0 Å². The molecule has 1 rings (SSSR count). The van der Waals surface area contributed by atoms with E-state index in [9.17, 15) is 43.2 Å². The number of benzene rings is 1. The fourth-order valence-corrected chi connectivity index (χ4v) is 14.9. The molecule has 135 heavy (non-hydrogen) atoms. The van der Waals surface area contributed by atoms with Crippen LogP contribution in [0.1, 0.15) is 637 Å². The molecule has 1 aromatic carbocycles. The van der Waals surface area contributed by atoms with Crippen LogP contribution in [-0.4, -0.2) is 52.0 Å². The molecule has 790 valence electrons. The highest BCUT2D eigenvalue weighted by Gasteiger charge is 2.04. The second kappa shape index (κ2) is 135. The van der Waals surface area contributed by atoms with Crippen molar-refractivity contribution in [3.63, 3.8) is 0 Å². The van der Waals surface area contributed by atoms with Crippen LogP contribution in [0.25, 0.3) is 0 Å². The third-order valence-electron chi connectivity index (χ3n) is 24.0. The molecule has 0 aromatic heterocycles. The fourth-order valence-electron chi connectivity index (χ4n) is 14.9. The van der Waals surface area contributed by atoms with E-state index < -0.39 is 0 Å². The third kappa shape index (κ3) is 172. The summed E-state index contributed by atoms with van der Waals surface area (Å²) in [5, 5.41) is 0. The van der Waals surface area contributed by atoms with Gasteiger partial charge in [0, 0.05) is 57.3 Å². The Hall–Kier alpha value is -5.31. The Labute approximate surface area is 843 Å². The van der Waals surface area contributed by atoms with Crippen LogP contribution < -0.4 is 0 Å². The SMILES string of the molecule is CC(=O)Cc1ccccc1.CC/C=C/CCCCCCCCCC(C)=O.CC/C=C\CCCCCCCCCC(C)=O.CCC(C)C(C)=O.CCC/C=C\C=C\CCCCCCC(C)=O.CCCCCCCC/C=C\CCCCCC(C)=O.CCCCCCCC/C=C\CCCCCC(C)=O.CCCCCCCCCCCCCC(C)=O.CCCCCCCCCCCCCCCC(C)=O. The molecule has 0 aliphatic carbocycles. The first kappa shape index (κ1) is 145. The van der Waals surface area contributed by atoms with Crippen molar-refractivity contribution in [1.82, 2.24) is 0 Å². The summed E-state index contributed by atoms with van der Waals surface area (Å²) in [6, 6.07) is 9.75. The first-order chi connectivity index (χ1) is 65.4. The predicted octanol–water partition coefficient (Wildman–Crippen LogP) is 41.4. The quantitative estimate of drug-likeness (QED) is 0.0352. The van der Waals surface area contributed by atoms with E-state index in [1.165, 1.54) is 392 Å². The number of Topliss-reactive ketones (excluding diaryl/α,β-unsaturated/α-hetero) is 9. The van der Waals surface area contributed by atoms with Crippen molar-refractivity contribution in [2.75, 3.05) is 0 Å². The zero-order chi connectivity index (χ0) is 102. The summed E-state index contributed by atoms with van der Waals surface area (Å²) in [4.78, 5) is 96.0. The van der Waals surface area contributed by atoms with Gasteiger partial charge < -0.3 is 33.6 Å². The van der Waals surface area contributed by atoms with Crippen LogP contribution in [0.2, 0.25) is 0 Å². The van der Waals surface area contributed by atoms with Crippen LogP contribution in [0.3, 0.4) is 0 Å². The van der Waals surface area contributed by atoms with Gasteiger partial charge in [0.15, 0.2) is 0 Å². The number of carbonyl (C=O) groups is 9. The Morgan fingerprint density at radius 2 is 0.378 bits per heavy atom. The molecule has 9 heteroatoms. The molecule has 1 atom stereocenters. The minimum Gasteiger partial charge on any atom is -0.300 e. The van der Waals surface area contributed by atoms with Crippen molar-refractivity contribution in [2.45, 2.75) is 638 Å². The average Bonchev–Trinajstić information content (AvgIpc) is 0.952. The summed E-state index contributed by atoms with van der Waals surface area (Å²) in [5.74, 6) is 3.11. The molecule has 0 spiro atoms. The predicted molar refractivity (Wildman–Crippen MR) is 600 cm³/mol. The summed E-state index contributed by atoms with van der Waals surface area (Å²) >= 11 is 0. The number of allylic oxidation sites excluding steroid dienone is 12. The minimum absolute atomic E-state index is 0.214. The van der Waals surface area contributed by atoms with E-state index in [-0.39, 0.29) is 11.7 Å². The van der Waals surface area contributed by atoms with Gasteiger partial charge in [0.05, 0.1) is 0 Å². The molecule has 0 aliphatic rings. The maximum absolute atomic E-state index is 10.7. The van der Waals surface area contributed by atoms with Crippen molar-refractivity contribution in [1.29, 1.82) is 0 Å². The van der Waals surface area contributed by atoms with Crippen molar-refractivity contribution >= 4 is 52.0 Å². The second-order valence-electron chi connectivity index (χ2n) is 39.1. The number of ketones is 9. The number of hydrogen-bond acceptors (Lipinski definition) is 9. The van der Waals surface area contributed by atoms with Gasteiger partial charge in [-0.05, 0) is 228 Å². The molecule has 0 N–H and O–H groups in total. The standard InChI is InChI=1S/C17H34O.2C17H32O.C15H30O.2C15H28O.C15H26O.C9H10O.C6H12O/c3*1-3-4-5-6-7-8-9-10-11-12-13-14-15-16-17(2)18;4*1-3-4-5-6-7-8-9-10-11-12-13-14-15(2)16;1-8(10)7-9-5-3-2-4-6-9;1-4-5(2)6(3)7/h3-16H2,1-2H3;2*10-11H,3-9,12-16H2,1-2H3;3-14H2,1-2H3;2*4-5H,3,6-14H2,1-2H3;5-8H,3-4,9-14H2,1-2H3;2-6H,7H2,1H3;5H,4H2,1-3H3/b;2*11-10-;;5-4+;5-4-;6-5-,8-7+;;. The molecule has 0 aliphatic heterocycles. The van der Waals surface area contributed by atoms with E-state index in [1.54, 1.807) is 62.3 Å². The molecule has 0 bridgehead atoms. The summed E-state index contributed by atoms with van der Waals surface area (Å²) in [7, 11) is 0. The first-order valence-electron chi connectivity index (χ1n) is 57.8. The summed E-state index contributed by atoms with van der Waals surface area (Å²) in [6.07, 6.45) is 126. The van der Waals surface area contributed by atoms with Crippen LogP contribution in [0, 0.1) is 5.92 Å². The molecule has 9 nitrogen and oxygen atoms in total. The van der Waals surface area contributed by atoms with E-state index in [0.29, 0.717) is 52.7 Å². The largest absolute Gasteiger partial charge is 0.300 e. The fraction of sp³-hybridized carbons (Fsp3) is 0.786. The van der Waals surface area contributed by atoms with Gasteiger partial charge >= 0.3 is 0 Å². The van der Waals surface area contributed by atoms with Gasteiger partial charge in [-0.3, -0.25) is 9.59 Å². The number of hydrogen-bond donors (Lipinski definition) is 0. The van der Waals surface area contributed by atoms with Gasteiger partial charge in [0.1, 0.15) is 52.0 Å². The van der Waals surface area contributed by atoms with Crippen LogP contribution in [0.4, 0.5) is 0 Å². The van der Waals surface area contributed by atoms with Gasteiger partial charge in [0.25, 0.3) is 0 Å². The Morgan fingerprint density at radius 3 is 0.548 bits per heavy atom. The Kier molecular flexibility index (Phi) is 145. The lowest BCUT2D eigenvalue weighted by atomic mass is 10.0. The lowest BCUT2D eigenvalue weighted by molar-refractivity contribution is -0.120. The molecule has 0 radical (unpaired) electrons. The van der Waals surface area contributed by atoms with Crippen molar-refractivity contribution in [3.8, 4) is 0 Å². The van der Waals surface area contributed by atoms with E-state index >= 15 is 0 Å². The summed E-state index contributed by atoms with van der Waals surface area (Å²) in [5.41, 5.74) is 1.09. The van der Waals surface area contributed by atoms with Gasteiger partial charge in [-0.2, -0.15) is 0 Å². The topological polar surface area (TPSA) is 154 Å². The molecular formula is C126H232O9. The van der Waals surface area contributed by atoms with Gasteiger partial charge in [-0.1, -0.05) is 467 Å². The van der Waals surface area contributed by atoms with Crippen LogP contribution in [0.15, 0.2) is 103 Å². The number of carbonyl (C=O) groups excluding carboxylic acids is 9. The minimum atomic E-state index is 0.214. The lowest BCUT2D eigenvalue weighted by Gasteiger charge is -2.02. The Bertz CT molecular complexity index is 2670. The third-order valence-corrected chi connectivity index (χ3v) is 24.0. The normalized spacial score (nSPS) is 11.1. The number of rotatable bonds is 88.